The van der Waals surface area contributed by atoms with E-state index in [4.69, 9.17) is 0 Å². The van der Waals surface area contributed by atoms with Gasteiger partial charge >= 0.3 is 6.18 Å². The average Bonchev–Trinajstić information content (AvgIpc) is 2.66. The second kappa shape index (κ2) is 8.46. The molecule has 0 atom stereocenters. The molecule has 2 aromatic heterocycles. The van der Waals surface area contributed by atoms with Crippen molar-refractivity contribution >= 4 is 27.4 Å². The maximum absolute atomic E-state index is 13.0. The summed E-state index contributed by atoms with van der Waals surface area (Å²) in [6, 6.07) is 9.36. The van der Waals surface area contributed by atoms with Crippen molar-refractivity contribution < 1.29 is 21.6 Å². The second-order valence-electron chi connectivity index (χ2n) is 6.94. The van der Waals surface area contributed by atoms with E-state index in [0.29, 0.717) is 5.69 Å². The molecule has 2 heterocycles. The molecule has 31 heavy (non-hydrogen) atoms. The van der Waals surface area contributed by atoms with Crippen molar-refractivity contribution in [1.82, 2.24) is 19.9 Å². The fourth-order valence-corrected chi connectivity index (χ4v) is 3.19. The highest BCUT2D eigenvalue weighted by Gasteiger charge is 2.32. The number of aromatic nitrogens is 4. The zero-order chi connectivity index (χ0) is 22.8. The summed E-state index contributed by atoms with van der Waals surface area (Å²) in [7, 11) is -3.43. The normalized spacial score (nSPS) is 12.1. The second-order valence-corrected chi connectivity index (χ2v) is 8.95. The van der Waals surface area contributed by atoms with Crippen molar-refractivity contribution in [3.8, 4) is 11.5 Å². The van der Waals surface area contributed by atoms with E-state index in [1.54, 1.807) is 12.1 Å². The predicted molar refractivity (Wildman–Crippen MR) is 110 cm³/mol. The van der Waals surface area contributed by atoms with Crippen LogP contribution in [0.5, 0.6) is 0 Å². The van der Waals surface area contributed by atoms with Crippen molar-refractivity contribution in [1.29, 1.82) is 0 Å². The van der Waals surface area contributed by atoms with Crippen molar-refractivity contribution in [2.75, 3.05) is 16.9 Å². The van der Waals surface area contributed by atoms with Crippen LogP contribution < -0.4 is 10.6 Å². The molecule has 0 radical (unpaired) electrons. The van der Waals surface area contributed by atoms with Crippen molar-refractivity contribution in [2.45, 2.75) is 31.0 Å². The third kappa shape index (κ3) is 5.87. The molecule has 0 aliphatic heterocycles. The van der Waals surface area contributed by atoms with Gasteiger partial charge in [0.2, 0.25) is 11.9 Å². The van der Waals surface area contributed by atoms with Gasteiger partial charge in [-0.15, -0.1) is 0 Å². The van der Waals surface area contributed by atoms with Gasteiger partial charge in [-0.05, 0) is 44.2 Å². The van der Waals surface area contributed by atoms with Gasteiger partial charge in [0.15, 0.2) is 15.7 Å². The third-order valence-corrected chi connectivity index (χ3v) is 4.95. The van der Waals surface area contributed by atoms with Gasteiger partial charge in [-0.1, -0.05) is 12.1 Å². The molecule has 0 spiro atoms. The van der Waals surface area contributed by atoms with Crippen molar-refractivity contribution in [2.24, 2.45) is 0 Å². The first-order valence-corrected chi connectivity index (χ1v) is 11.0. The minimum Gasteiger partial charge on any atom is -0.352 e. The van der Waals surface area contributed by atoms with Gasteiger partial charge in [-0.2, -0.15) is 28.1 Å². The minimum absolute atomic E-state index is 0.0120. The Kier molecular flexibility index (Phi) is 6.11. The van der Waals surface area contributed by atoms with E-state index >= 15 is 0 Å². The van der Waals surface area contributed by atoms with Gasteiger partial charge in [-0.3, -0.25) is 0 Å². The molecule has 3 rings (SSSR count). The number of rotatable bonds is 6. The molecule has 0 fully saturated rings. The van der Waals surface area contributed by atoms with Crippen LogP contribution in [-0.4, -0.2) is 40.7 Å². The third-order valence-electron chi connectivity index (χ3n) is 3.84. The molecule has 164 valence electrons. The van der Waals surface area contributed by atoms with E-state index in [2.05, 4.69) is 30.6 Å². The number of hydrogen-bond acceptors (Lipinski definition) is 8. The molecular weight excluding hydrogens is 433 g/mol. The van der Waals surface area contributed by atoms with Crippen LogP contribution in [-0.2, 0) is 16.0 Å². The number of sulfone groups is 1. The number of alkyl halides is 3. The Labute approximate surface area is 176 Å². The Morgan fingerprint density at radius 2 is 1.61 bits per heavy atom. The summed E-state index contributed by atoms with van der Waals surface area (Å²) in [5.41, 5.74) is -0.774. The van der Waals surface area contributed by atoms with Crippen LogP contribution in [0.3, 0.4) is 0 Å². The summed E-state index contributed by atoms with van der Waals surface area (Å²) in [5, 5.41) is 5.84. The first kappa shape index (κ1) is 22.4. The lowest BCUT2D eigenvalue weighted by Crippen LogP contribution is -2.15. The van der Waals surface area contributed by atoms with E-state index in [1.165, 1.54) is 24.3 Å². The first-order chi connectivity index (χ1) is 14.4. The number of halogens is 3. The molecule has 0 amide bonds. The van der Waals surface area contributed by atoms with Crippen LogP contribution >= 0.6 is 0 Å². The highest BCUT2D eigenvalue weighted by molar-refractivity contribution is 7.90. The van der Waals surface area contributed by atoms with Gasteiger partial charge < -0.3 is 10.6 Å². The number of nitrogens with one attached hydrogen (secondary N) is 2. The van der Waals surface area contributed by atoms with Crippen LogP contribution in [0.4, 0.5) is 30.8 Å². The molecule has 2 N–H and O–H groups in total. The molecular formula is C19H19F3N6O2S. The zero-order valence-corrected chi connectivity index (χ0v) is 17.6. The quantitative estimate of drug-likeness (QED) is 0.579. The Morgan fingerprint density at radius 3 is 2.26 bits per heavy atom. The average molecular weight is 452 g/mol. The molecule has 0 bridgehead atoms. The first-order valence-electron chi connectivity index (χ1n) is 9.06. The summed E-state index contributed by atoms with van der Waals surface area (Å²) in [6.45, 7) is 3.68. The van der Waals surface area contributed by atoms with E-state index in [0.717, 1.165) is 12.3 Å². The summed E-state index contributed by atoms with van der Waals surface area (Å²) in [4.78, 5) is 16.3. The van der Waals surface area contributed by atoms with E-state index in [-0.39, 0.29) is 34.4 Å². The predicted octanol–water partition coefficient (Wildman–Crippen LogP) is 3.92. The Hall–Kier alpha value is -3.28. The smallest absolute Gasteiger partial charge is 0.352 e. The van der Waals surface area contributed by atoms with Crippen LogP contribution in [0.1, 0.15) is 19.5 Å². The number of benzene rings is 1. The topological polar surface area (TPSA) is 110 Å². The SMILES string of the molecule is CC(C)Nc1nc(Nc2cccc(S(C)(=O)=O)c2)nc(-c2cccc(C(F)(F)F)n2)n1. The molecule has 0 aliphatic carbocycles. The number of nitrogens with zero attached hydrogens (tertiary/aromatic N) is 4. The van der Waals surface area contributed by atoms with Crippen molar-refractivity contribution in [3.63, 3.8) is 0 Å². The lowest BCUT2D eigenvalue weighted by Gasteiger charge is -2.13. The van der Waals surface area contributed by atoms with E-state index in [1.807, 2.05) is 13.8 Å². The molecule has 0 saturated heterocycles. The standard InChI is InChI=1S/C19H19F3N6O2S/c1-11(2)23-17-26-16(14-8-5-9-15(25-14)19(20,21)22)27-18(28-17)24-12-6-4-7-13(10-12)31(3,29)30/h4-11H,1-3H3,(H2,23,24,26,27,28). The summed E-state index contributed by atoms with van der Waals surface area (Å²) in [5.74, 6) is 0.0602. The van der Waals surface area contributed by atoms with Gasteiger partial charge in [-0.25, -0.2) is 13.4 Å². The summed E-state index contributed by atoms with van der Waals surface area (Å²) in [6.07, 6.45) is -3.54. The lowest BCUT2D eigenvalue weighted by atomic mass is 10.3. The van der Waals surface area contributed by atoms with Gasteiger partial charge in [0, 0.05) is 18.0 Å². The van der Waals surface area contributed by atoms with Crippen LogP contribution in [0.15, 0.2) is 47.4 Å². The summed E-state index contributed by atoms with van der Waals surface area (Å²) >= 11 is 0. The molecule has 0 unspecified atom stereocenters. The Morgan fingerprint density at radius 1 is 0.935 bits per heavy atom. The lowest BCUT2D eigenvalue weighted by molar-refractivity contribution is -0.141. The van der Waals surface area contributed by atoms with Crippen LogP contribution in [0.25, 0.3) is 11.5 Å². The fraction of sp³-hybridized carbons (Fsp3) is 0.263. The highest BCUT2D eigenvalue weighted by Crippen LogP contribution is 2.29. The number of pyridine rings is 1. The van der Waals surface area contributed by atoms with Crippen LogP contribution in [0, 0.1) is 0 Å². The van der Waals surface area contributed by atoms with Gasteiger partial charge in [0.05, 0.1) is 4.90 Å². The summed E-state index contributed by atoms with van der Waals surface area (Å²) < 4.78 is 62.7. The maximum Gasteiger partial charge on any atom is 0.433 e. The van der Waals surface area contributed by atoms with Crippen molar-refractivity contribution in [3.05, 3.63) is 48.2 Å². The highest BCUT2D eigenvalue weighted by atomic mass is 32.2. The number of anilines is 3. The van der Waals surface area contributed by atoms with Crippen LogP contribution in [0.2, 0.25) is 0 Å². The monoisotopic (exact) mass is 452 g/mol. The minimum atomic E-state index is -4.62. The van der Waals surface area contributed by atoms with E-state index in [9.17, 15) is 21.6 Å². The molecule has 8 nitrogen and oxygen atoms in total. The maximum atomic E-state index is 13.0. The van der Waals surface area contributed by atoms with E-state index < -0.39 is 21.7 Å². The molecule has 12 heteroatoms. The molecule has 3 aromatic rings. The Balaban J connectivity index is 2.04. The zero-order valence-electron chi connectivity index (χ0n) is 16.8. The Bertz CT molecular complexity index is 1200. The van der Waals surface area contributed by atoms with Gasteiger partial charge in [0.1, 0.15) is 11.4 Å². The largest absolute Gasteiger partial charge is 0.433 e. The fourth-order valence-electron chi connectivity index (χ4n) is 2.52. The molecule has 0 aliphatic rings. The molecule has 0 saturated carbocycles. The van der Waals surface area contributed by atoms with Gasteiger partial charge in [0.25, 0.3) is 0 Å². The number of hydrogen-bond donors (Lipinski definition) is 2. The molecule has 1 aromatic carbocycles.